The van der Waals surface area contributed by atoms with E-state index in [4.69, 9.17) is 4.42 Å². The molecular weight excluding hydrogens is 316 g/mol. The van der Waals surface area contributed by atoms with Gasteiger partial charge in [-0.25, -0.2) is 8.42 Å². The third-order valence-corrected chi connectivity index (χ3v) is 6.36. The number of hydrogen-bond donors (Lipinski definition) is 0. The largest absolute Gasteiger partial charge is 0.472 e. The zero-order valence-corrected chi connectivity index (χ0v) is 14.5. The average Bonchev–Trinajstić information content (AvgIpc) is 3.04. The van der Waals surface area contributed by atoms with E-state index in [1.165, 1.54) is 0 Å². The van der Waals surface area contributed by atoms with E-state index in [0.717, 1.165) is 5.56 Å². The van der Waals surface area contributed by atoms with Crippen LogP contribution in [-0.4, -0.2) is 60.8 Å². The maximum absolute atomic E-state index is 12.5. The second kappa shape index (κ2) is 6.28. The van der Waals surface area contributed by atoms with Crippen molar-refractivity contribution in [2.75, 3.05) is 24.6 Å². The minimum absolute atomic E-state index is 0.0788. The van der Waals surface area contributed by atoms with Gasteiger partial charge in [0.05, 0.1) is 30.1 Å². The molecule has 0 unspecified atom stereocenters. The van der Waals surface area contributed by atoms with Crippen molar-refractivity contribution in [1.82, 2.24) is 9.80 Å². The molecule has 3 rings (SSSR count). The van der Waals surface area contributed by atoms with Crippen LogP contribution >= 0.6 is 0 Å². The van der Waals surface area contributed by atoms with Crippen LogP contribution in [0.15, 0.2) is 23.0 Å². The van der Waals surface area contributed by atoms with E-state index in [1.54, 1.807) is 17.4 Å². The van der Waals surface area contributed by atoms with Gasteiger partial charge in [-0.3, -0.25) is 9.69 Å². The van der Waals surface area contributed by atoms with Gasteiger partial charge in [0, 0.05) is 37.7 Å². The molecule has 1 aromatic heterocycles. The monoisotopic (exact) mass is 340 g/mol. The van der Waals surface area contributed by atoms with Crippen molar-refractivity contribution in [2.24, 2.45) is 5.92 Å². The lowest BCUT2D eigenvalue weighted by Gasteiger charge is -2.44. The zero-order chi connectivity index (χ0) is 16.6. The molecule has 23 heavy (non-hydrogen) atoms. The van der Waals surface area contributed by atoms with E-state index >= 15 is 0 Å². The fourth-order valence-corrected chi connectivity index (χ4v) is 5.63. The predicted octanol–water partition coefficient (Wildman–Crippen LogP) is 1.14. The summed E-state index contributed by atoms with van der Waals surface area (Å²) in [6.07, 6.45) is 3.79. The van der Waals surface area contributed by atoms with E-state index in [1.807, 2.05) is 19.9 Å². The molecule has 1 amide bonds. The maximum Gasteiger partial charge on any atom is 0.223 e. The van der Waals surface area contributed by atoms with Crippen LogP contribution < -0.4 is 0 Å². The molecule has 128 valence electrons. The van der Waals surface area contributed by atoms with E-state index in [2.05, 4.69) is 4.90 Å². The molecule has 0 bridgehead atoms. The second-order valence-electron chi connectivity index (χ2n) is 7.00. The lowest BCUT2D eigenvalue weighted by Crippen LogP contribution is -2.60. The van der Waals surface area contributed by atoms with Gasteiger partial charge in [0.2, 0.25) is 5.91 Å². The normalized spacial score (nSPS) is 27.3. The van der Waals surface area contributed by atoms with Gasteiger partial charge in [0.15, 0.2) is 9.84 Å². The zero-order valence-electron chi connectivity index (χ0n) is 13.6. The Bertz CT molecular complexity index is 654. The minimum atomic E-state index is -3.09. The van der Waals surface area contributed by atoms with Gasteiger partial charge in [0.1, 0.15) is 0 Å². The number of carbonyl (C=O) groups is 1. The van der Waals surface area contributed by atoms with Crippen molar-refractivity contribution >= 4 is 15.7 Å². The highest BCUT2D eigenvalue weighted by atomic mass is 32.2. The van der Waals surface area contributed by atoms with Crippen LogP contribution in [0.25, 0.3) is 0 Å². The Morgan fingerprint density at radius 3 is 2.70 bits per heavy atom. The number of hydrogen-bond acceptors (Lipinski definition) is 5. The highest BCUT2D eigenvalue weighted by Gasteiger charge is 2.47. The minimum Gasteiger partial charge on any atom is -0.472 e. The van der Waals surface area contributed by atoms with Gasteiger partial charge in [-0.15, -0.1) is 0 Å². The average molecular weight is 340 g/mol. The summed E-state index contributed by atoms with van der Waals surface area (Å²) in [5, 5.41) is 0. The fourth-order valence-electron chi connectivity index (χ4n) is 3.61. The Morgan fingerprint density at radius 1 is 1.30 bits per heavy atom. The summed E-state index contributed by atoms with van der Waals surface area (Å²) in [6, 6.07) is 1.57. The highest BCUT2D eigenvalue weighted by molar-refractivity contribution is 7.91. The van der Waals surface area contributed by atoms with Crippen LogP contribution in [0.5, 0.6) is 0 Å². The van der Waals surface area contributed by atoms with E-state index < -0.39 is 9.84 Å². The first-order valence-corrected chi connectivity index (χ1v) is 9.93. The summed E-state index contributed by atoms with van der Waals surface area (Å²) >= 11 is 0. The van der Waals surface area contributed by atoms with Crippen LogP contribution in [0.1, 0.15) is 25.8 Å². The van der Waals surface area contributed by atoms with Crippen LogP contribution in [0.2, 0.25) is 0 Å². The molecule has 0 saturated carbocycles. The Balaban J connectivity index is 1.78. The summed E-state index contributed by atoms with van der Waals surface area (Å²) in [7, 11) is -3.09. The van der Waals surface area contributed by atoms with Gasteiger partial charge in [0.25, 0.3) is 0 Å². The van der Waals surface area contributed by atoms with E-state index in [0.29, 0.717) is 26.1 Å². The summed E-state index contributed by atoms with van der Waals surface area (Å²) in [5.41, 5.74) is 1.04. The molecule has 0 radical (unpaired) electrons. The summed E-state index contributed by atoms with van der Waals surface area (Å²) in [5.74, 6) is 0.586. The van der Waals surface area contributed by atoms with Crippen molar-refractivity contribution in [1.29, 1.82) is 0 Å². The molecule has 2 aliphatic heterocycles. The van der Waals surface area contributed by atoms with E-state index in [9.17, 15) is 13.2 Å². The van der Waals surface area contributed by atoms with Gasteiger partial charge < -0.3 is 9.32 Å². The summed E-state index contributed by atoms with van der Waals surface area (Å²) in [4.78, 5) is 16.5. The van der Waals surface area contributed by atoms with Crippen LogP contribution in [0.3, 0.4) is 0 Å². The van der Waals surface area contributed by atoms with Crippen molar-refractivity contribution in [3.63, 3.8) is 0 Å². The van der Waals surface area contributed by atoms with Crippen molar-refractivity contribution in [3.05, 3.63) is 24.2 Å². The Hall–Kier alpha value is -1.34. The standard InChI is InChI=1S/C16H24N2O4S/c1-12(2)7-16(19)18-5-4-17(8-13-3-6-22-9-13)14-10-23(20,21)11-15(14)18/h3,6,9,12,14-15H,4-5,7-8,10-11H2,1-2H3/t14-,15+/m0/s1. The third-order valence-electron chi connectivity index (χ3n) is 4.66. The molecule has 7 heteroatoms. The topological polar surface area (TPSA) is 70.8 Å². The first kappa shape index (κ1) is 16.5. The number of furan rings is 1. The molecular formula is C16H24N2O4S. The third kappa shape index (κ3) is 3.61. The molecule has 2 aliphatic rings. The molecule has 0 aliphatic carbocycles. The van der Waals surface area contributed by atoms with E-state index in [-0.39, 0.29) is 35.4 Å². The van der Waals surface area contributed by atoms with Gasteiger partial charge in [-0.1, -0.05) is 13.8 Å². The van der Waals surface area contributed by atoms with Crippen LogP contribution in [-0.2, 0) is 21.2 Å². The highest BCUT2D eigenvalue weighted by Crippen LogP contribution is 2.29. The maximum atomic E-state index is 12.5. The SMILES string of the molecule is CC(C)CC(=O)N1CCN(Cc2ccoc2)[C@H]2CS(=O)(=O)C[C@H]21. The number of nitrogens with zero attached hydrogens (tertiary/aromatic N) is 2. The molecule has 2 fully saturated rings. The van der Waals surface area contributed by atoms with Gasteiger partial charge >= 0.3 is 0 Å². The Morgan fingerprint density at radius 2 is 2.04 bits per heavy atom. The first-order chi connectivity index (χ1) is 10.9. The quantitative estimate of drug-likeness (QED) is 0.822. The fraction of sp³-hybridized carbons (Fsp3) is 0.688. The number of sulfone groups is 1. The number of fused-ring (bicyclic) bond motifs is 1. The first-order valence-electron chi connectivity index (χ1n) is 8.11. The number of rotatable bonds is 4. The van der Waals surface area contributed by atoms with Crippen molar-refractivity contribution in [3.8, 4) is 0 Å². The van der Waals surface area contributed by atoms with Crippen LogP contribution in [0, 0.1) is 5.92 Å². The molecule has 6 nitrogen and oxygen atoms in total. The molecule has 1 aromatic rings. The molecule has 3 heterocycles. The molecule has 2 atom stereocenters. The predicted molar refractivity (Wildman–Crippen MR) is 86.5 cm³/mol. The van der Waals surface area contributed by atoms with Crippen molar-refractivity contribution < 1.29 is 17.6 Å². The number of piperazine rings is 1. The Labute approximate surface area is 137 Å². The molecule has 0 spiro atoms. The Kier molecular flexibility index (Phi) is 4.51. The lowest BCUT2D eigenvalue weighted by atomic mass is 10.0. The lowest BCUT2D eigenvalue weighted by molar-refractivity contribution is -0.137. The number of amides is 1. The molecule has 0 aromatic carbocycles. The van der Waals surface area contributed by atoms with Crippen molar-refractivity contribution in [2.45, 2.75) is 38.9 Å². The number of carbonyl (C=O) groups excluding carboxylic acids is 1. The van der Waals surface area contributed by atoms with Crippen LogP contribution in [0.4, 0.5) is 0 Å². The summed E-state index contributed by atoms with van der Waals surface area (Å²) < 4.78 is 29.4. The second-order valence-corrected chi connectivity index (χ2v) is 9.15. The molecule has 0 N–H and O–H groups in total. The molecule has 2 saturated heterocycles. The summed E-state index contributed by atoms with van der Waals surface area (Å²) in [6.45, 7) is 5.98. The van der Waals surface area contributed by atoms with Gasteiger partial charge in [-0.2, -0.15) is 0 Å². The smallest absolute Gasteiger partial charge is 0.223 e. The van der Waals surface area contributed by atoms with Gasteiger partial charge in [-0.05, 0) is 12.0 Å².